The lowest BCUT2D eigenvalue weighted by molar-refractivity contribution is -0.151. The minimum Gasteiger partial charge on any atom is -0.337 e. The average Bonchev–Trinajstić information content (AvgIpc) is 3.25. The molecule has 23 heavy (non-hydrogen) atoms. The van der Waals surface area contributed by atoms with Crippen LogP contribution in [0.4, 0.5) is 0 Å². The zero-order valence-electron chi connectivity index (χ0n) is 13.7. The van der Waals surface area contributed by atoms with Gasteiger partial charge in [0.25, 0.3) is 0 Å². The maximum Gasteiger partial charge on any atom is 0.244 e. The van der Waals surface area contributed by atoms with Crippen LogP contribution in [0.5, 0.6) is 0 Å². The summed E-state index contributed by atoms with van der Waals surface area (Å²) in [5.74, 6) is -0.0255. The molecular weight excluding hydrogens is 316 g/mol. The van der Waals surface area contributed by atoms with E-state index < -0.39 is 15.6 Å². The van der Waals surface area contributed by atoms with Crippen LogP contribution < -0.4 is 0 Å². The van der Waals surface area contributed by atoms with Crippen LogP contribution in [0.25, 0.3) is 0 Å². The molecule has 0 aromatic carbocycles. The van der Waals surface area contributed by atoms with E-state index in [1.807, 2.05) is 23.6 Å². The summed E-state index contributed by atoms with van der Waals surface area (Å²) in [5.41, 5.74) is -0.861. The number of sulfonamides is 1. The monoisotopic (exact) mass is 340 g/mol. The Bertz CT molecular complexity index is 638. The molecule has 0 radical (unpaired) electrons. The van der Waals surface area contributed by atoms with Gasteiger partial charge in [-0.2, -0.15) is 9.57 Å². The molecule has 3 aliphatic rings. The summed E-state index contributed by atoms with van der Waals surface area (Å²) >= 11 is 0. The second-order valence-electron chi connectivity index (χ2n) is 7.03. The molecule has 2 aliphatic heterocycles. The van der Waals surface area contributed by atoms with Crippen LogP contribution in [0, 0.1) is 11.3 Å². The third kappa shape index (κ3) is 2.65. The van der Waals surface area contributed by atoms with Crippen molar-refractivity contribution in [3.63, 3.8) is 0 Å². The molecule has 0 bridgehead atoms. The first-order valence-electron chi connectivity index (χ1n) is 8.25. The molecule has 7 nitrogen and oxygen atoms in total. The van der Waals surface area contributed by atoms with E-state index in [1.165, 1.54) is 4.31 Å². The fourth-order valence-electron chi connectivity index (χ4n) is 3.74. The lowest BCUT2D eigenvalue weighted by Gasteiger charge is -2.48. The Kier molecular flexibility index (Phi) is 4.15. The predicted molar refractivity (Wildman–Crippen MR) is 84.9 cm³/mol. The second-order valence-corrected chi connectivity index (χ2v) is 9.24. The molecule has 2 saturated heterocycles. The zero-order valence-corrected chi connectivity index (χ0v) is 14.5. The predicted octanol–water partition coefficient (Wildman–Crippen LogP) is -0.000720. The highest BCUT2D eigenvalue weighted by molar-refractivity contribution is 7.90. The SMILES string of the molecule is CC(C)N1CCN(CC#N)C2(CCN(S(=O)(=O)C3CC3)C2)C1=O. The minimum atomic E-state index is -3.29. The standard InChI is InChI=1S/C15H24N4O3S/c1-12(2)19-10-9-17(8-6-16)15(14(19)20)5-7-18(11-15)23(21,22)13-3-4-13/h12-13H,3-5,7-11H2,1-2H3. The molecule has 1 spiro atoms. The number of nitriles is 1. The van der Waals surface area contributed by atoms with Gasteiger partial charge < -0.3 is 4.90 Å². The van der Waals surface area contributed by atoms with Crippen LogP contribution in [-0.4, -0.2) is 78.0 Å². The fraction of sp³-hybridized carbons (Fsp3) is 0.867. The summed E-state index contributed by atoms with van der Waals surface area (Å²) < 4.78 is 26.5. The molecule has 128 valence electrons. The van der Waals surface area contributed by atoms with Crippen molar-refractivity contribution in [1.82, 2.24) is 14.1 Å². The first kappa shape index (κ1) is 16.7. The van der Waals surface area contributed by atoms with Crippen molar-refractivity contribution >= 4 is 15.9 Å². The van der Waals surface area contributed by atoms with E-state index >= 15 is 0 Å². The molecule has 0 aromatic heterocycles. The molecule has 0 aromatic rings. The first-order chi connectivity index (χ1) is 10.8. The highest BCUT2D eigenvalue weighted by atomic mass is 32.2. The Labute approximate surface area is 137 Å². The van der Waals surface area contributed by atoms with Crippen LogP contribution >= 0.6 is 0 Å². The topological polar surface area (TPSA) is 84.7 Å². The van der Waals surface area contributed by atoms with Gasteiger partial charge in [0.2, 0.25) is 15.9 Å². The highest BCUT2D eigenvalue weighted by Crippen LogP contribution is 2.39. The van der Waals surface area contributed by atoms with Gasteiger partial charge in [0.05, 0.1) is 17.9 Å². The molecule has 1 atom stereocenters. The molecule has 0 N–H and O–H groups in total. The molecule has 3 fully saturated rings. The van der Waals surface area contributed by atoms with E-state index in [4.69, 9.17) is 5.26 Å². The Morgan fingerprint density at radius 2 is 2.00 bits per heavy atom. The van der Waals surface area contributed by atoms with Gasteiger partial charge in [-0.15, -0.1) is 0 Å². The van der Waals surface area contributed by atoms with E-state index in [9.17, 15) is 13.2 Å². The summed E-state index contributed by atoms with van der Waals surface area (Å²) in [6, 6.07) is 2.21. The zero-order chi connectivity index (χ0) is 16.8. The van der Waals surface area contributed by atoms with Crippen LogP contribution in [0.3, 0.4) is 0 Å². The molecule has 1 amide bonds. The smallest absolute Gasteiger partial charge is 0.244 e. The van der Waals surface area contributed by atoms with Crippen LogP contribution in [0.15, 0.2) is 0 Å². The van der Waals surface area contributed by atoms with Crippen molar-refractivity contribution in [2.75, 3.05) is 32.7 Å². The van der Waals surface area contributed by atoms with Gasteiger partial charge in [0.1, 0.15) is 5.54 Å². The van der Waals surface area contributed by atoms with E-state index in [1.54, 1.807) is 0 Å². The van der Waals surface area contributed by atoms with Gasteiger partial charge in [0.15, 0.2) is 0 Å². The summed E-state index contributed by atoms with van der Waals surface area (Å²) in [4.78, 5) is 16.8. The summed E-state index contributed by atoms with van der Waals surface area (Å²) in [6.07, 6.45) is 1.92. The number of hydrogen-bond donors (Lipinski definition) is 0. The molecule has 1 unspecified atom stereocenters. The number of hydrogen-bond acceptors (Lipinski definition) is 5. The highest BCUT2D eigenvalue weighted by Gasteiger charge is 2.56. The molecule has 2 heterocycles. The molecule has 8 heteroatoms. The third-order valence-corrected chi connectivity index (χ3v) is 7.62. The Balaban J connectivity index is 1.89. The van der Waals surface area contributed by atoms with Crippen molar-refractivity contribution in [2.45, 2.75) is 49.9 Å². The Hall–Kier alpha value is -1.17. The average molecular weight is 340 g/mol. The summed E-state index contributed by atoms with van der Waals surface area (Å²) in [5, 5.41) is 8.84. The molecule has 3 rings (SSSR count). The number of rotatable bonds is 4. The number of carbonyl (C=O) groups excluding carboxylic acids is 1. The molecular formula is C15H24N4O3S. The van der Waals surface area contributed by atoms with Crippen LogP contribution in [-0.2, 0) is 14.8 Å². The number of nitrogens with zero attached hydrogens (tertiary/aromatic N) is 4. The lowest BCUT2D eigenvalue weighted by atomic mass is 9.90. The largest absolute Gasteiger partial charge is 0.337 e. The Morgan fingerprint density at radius 3 is 2.57 bits per heavy atom. The quantitative estimate of drug-likeness (QED) is 0.673. The number of piperazine rings is 1. The first-order valence-corrected chi connectivity index (χ1v) is 9.75. The van der Waals surface area contributed by atoms with Gasteiger partial charge in [-0.05, 0) is 33.1 Å². The van der Waals surface area contributed by atoms with Gasteiger partial charge in [-0.3, -0.25) is 9.69 Å². The second kappa shape index (κ2) is 5.72. The van der Waals surface area contributed by atoms with Crippen LogP contribution in [0.2, 0.25) is 0 Å². The normalized spacial score (nSPS) is 30.3. The van der Waals surface area contributed by atoms with E-state index in [0.29, 0.717) is 26.1 Å². The van der Waals surface area contributed by atoms with Crippen molar-refractivity contribution in [3.05, 3.63) is 0 Å². The number of amides is 1. The third-order valence-electron chi connectivity index (χ3n) is 5.28. The number of carbonyl (C=O) groups is 1. The van der Waals surface area contributed by atoms with E-state index in [2.05, 4.69) is 6.07 Å². The minimum absolute atomic E-state index is 0.0255. The maximum absolute atomic E-state index is 13.1. The summed E-state index contributed by atoms with van der Waals surface area (Å²) in [7, 11) is -3.29. The Morgan fingerprint density at radius 1 is 1.30 bits per heavy atom. The van der Waals surface area contributed by atoms with E-state index in [-0.39, 0.29) is 30.3 Å². The van der Waals surface area contributed by atoms with Crippen LogP contribution in [0.1, 0.15) is 33.1 Å². The van der Waals surface area contributed by atoms with Crippen molar-refractivity contribution in [2.24, 2.45) is 0 Å². The summed E-state index contributed by atoms with van der Waals surface area (Å²) in [6.45, 7) is 5.88. The lowest BCUT2D eigenvalue weighted by Crippen LogP contribution is -2.68. The van der Waals surface area contributed by atoms with Crippen molar-refractivity contribution in [3.8, 4) is 6.07 Å². The molecule has 1 saturated carbocycles. The van der Waals surface area contributed by atoms with Gasteiger partial charge in [0, 0.05) is 32.2 Å². The molecule has 1 aliphatic carbocycles. The van der Waals surface area contributed by atoms with Crippen molar-refractivity contribution < 1.29 is 13.2 Å². The maximum atomic E-state index is 13.1. The van der Waals surface area contributed by atoms with Crippen molar-refractivity contribution in [1.29, 1.82) is 5.26 Å². The van der Waals surface area contributed by atoms with Gasteiger partial charge in [-0.1, -0.05) is 0 Å². The van der Waals surface area contributed by atoms with Gasteiger partial charge >= 0.3 is 0 Å². The fourth-order valence-corrected chi connectivity index (χ4v) is 5.63. The van der Waals surface area contributed by atoms with Gasteiger partial charge in [-0.25, -0.2) is 8.42 Å². The van der Waals surface area contributed by atoms with E-state index in [0.717, 1.165) is 12.8 Å².